The lowest BCUT2D eigenvalue weighted by Gasteiger charge is -2.41. The van der Waals surface area contributed by atoms with Crippen molar-refractivity contribution in [1.82, 2.24) is 10.2 Å². The van der Waals surface area contributed by atoms with Crippen molar-refractivity contribution in [3.05, 3.63) is 0 Å². The Hall–Kier alpha value is -0.850. The van der Waals surface area contributed by atoms with Crippen LogP contribution in [0.4, 0.5) is 17.6 Å². The SMILES string of the molecule is CCC1CN(C(=O)C(F)(F)C(F)F)C(CC)CN1. The molecule has 7 heteroatoms. The van der Waals surface area contributed by atoms with Gasteiger partial charge in [-0.25, -0.2) is 8.78 Å². The molecule has 0 aromatic rings. The molecular weight excluding hydrogens is 252 g/mol. The van der Waals surface area contributed by atoms with Crippen molar-refractivity contribution in [3.63, 3.8) is 0 Å². The zero-order valence-electron chi connectivity index (χ0n) is 10.4. The summed E-state index contributed by atoms with van der Waals surface area (Å²) in [4.78, 5) is 12.5. The maximum Gasteiger partial charge on any atom is 0.383 e. The molecule has 0 aliphatic carbocycles. The van der Waals surface area contributed by atoms with Crippen LogP contribution in [0.5, 0.6) is 0 Å². The molecule has 0 radical (unpaired) electrons. The highest BCUT2D eigenvalue weighted by Crippen LogP contribution is 2.27. The summed E-state index contributed by atoms with van der Waals surface area (Å²) in [5.74, 6) is -6.35. The minimum absolute atomic E-state index is 0.0517. The van der Waals surface area contributed by atoms with Crippen LogP contribution >= 0.6 is 0 Å². The molecule has 1 amide bonds. The predicted octanol–water partition coefficient (Wildman–Crippen LogP) is 1.88. The van der Waals surface area contributed by atoms with Gasteiger partial charge >= 0.3 is 12.3 Å². The van der Waals surface area contributed by atoms with Gasteiger partial charge in [0.2, 0.25) is 0 Å². The molecule has 0 aromatic heterocycles. The largest absolute Gasteiger partial charge is 0.383 e. The molecule has 2 unspecified atom stereocenters. The molecule has 1 N–H and O–H groups in total. The molecule has 0 saturated carbocycles. The molecule has 1 rings (SSSR count). The average Bonchev–Trinajstić information content (AvgIpc) is 2.36. The van der Waals surface area contributed by atoms with E-state index in [1.165, 1.54) is 0 Å². The second-order valence-electron chi connectivity index (χ2n) is 4.46. The summed E-state index contributed by atoms with van der Waals surface area (Å²) < 4.78 is 50.6. The third-order valence-electron chi connectivity index (χ3n) is 3.28. The number of hydrogen-bond acceptors (Lipinski definition) is 2. The number of carbonyl (C=O) groups is 1. The number of carbonyl (C=O) groups excluding carboxylic acids is 1. The van der Waals surface area contributed by atoms with Crippen molar-refractivity contribution in [1.29, 1.82) is 0 Å². The van der Waals surface area contributed by atoms with E-state index in [0.29, 0.717) is 19.4 Å². The lowest BCUT2D eigenvalue weighted by atomic mass is 10.0. The minimum Gasteiger partial charge on any atom is -0.331 e. The smallest absolute Gasteiger partial charge is 0.331 e. The Balaban J connectivity index is 2.85. The van der Waals surface area contributed by atoms with Gasteiger partial charge in [0.05, 0.1) is 0 Å². The van der Waals surface area contributed by atoms with E-state index in [1.54, 1.807) is 6.92 Å². The number of nitrogens with zero attached hydrogens (tertiary/aromatic N) is 1. The summed E-state index contributed by atoms with van der Waals surface area (Å²) in [6.07, 6.45) is -2.85. The molecule has 3 nitrogen and oxygen atoms in total. The lowest BCUT2D eigenvalue weighted by molar-refractivity contribution is -0.184. The van der Waals surface area contributed by atoms with Gasteiger partial charge in [0, 0.05) is 25.2 Å². The van der Waals surface area contributed by atoms with Crippen LogP contribution in [0.2, 0.25) is 0 Å². The molecule has 0 spiro atoms. The second kappa shape index (κ2) is 5.86. The van der Waals surface area contributed by atoms with Crippen LogP contribution in [0.1, 0.15) is 26.7 Å². The van der Waals surface area contributed by atoms with E-state index in [-0.39, 0.29) is 12.6 Å². The number of alkyl halides is 4. The number of piperazine rings is 1. The first-order valence-corrected chi connectivity index (χ1v) is 6.04. The van der Waals surface area contributed by atoms with E-state index < -0.39 is 24.3 Å². The zero-order valence-corrected chi connectivity index (χ0v) is 10.4. The van der Waals surface area contributed by atoms with Gasteiger partial charge in [0.15, 0.2) is 0 Å². The Bertz CT molecular complexity index is 299. The molecule has 1 heterocycles. The summed E-state index contributed by atoms with van der Waals surface area (Å²) in [7, 11) is 0. The van der Waals surface area contributed by atoms with Gasteiger partial charge in [0.25, 0.3) is 5.91 Å². The molecule has 1 aliphatic heterocycles. The van der Waals surface area contributed by atoms with Crippen molar-refractivity contribution in [2.24, 2.45) is 0 Å². The Labute approximate surface area is 104 Å². The highest BCUT2D eigenvalue weighted by atomic mass is 19.3. The van der Waals surface area contributed by atoms with Crippen LogP contribution in [0.3, 0.4) is 0 Å². The summed E-state index contributed by atoms with van der Waals surface area (Å²) in [6.45, 7) is 3.99. The van der Waals surface area contributed by atoms with Gasteiger partial charge in [-0.05, 0) is 12.8 Å². The highest BCUT2D eigenvalue weighted by molar-refractivity contribution is 5.84. The Morgan fingerprint density at radius 3 is 2.44 bits per heavy atom. The summed E-state index contributed by atoms with van der Waals surface area (Å²) in [5.41, 5.74) is 0. The first-order chi connectivity index (χ1) is 8.34. The van der Waals surface area contributed by atoms with E-state index in [2.05, 4.69) is 5.32 Å². The standard InChI is InChI=1S/C11H18F4N2O/c1-3-7-6-17(8(4-2)5-16-7)10(18)11(14,15)9(12)13/h7-9,16H,3-6H2,1-2H3. The van der Waals surface area contributed by atoms with E-state index in [9.17, 15) is 22.4 Å². The molecule has 0 bridgehead atoms. The fourth-order valence-corrected chi connectivity index (χ4v) is 2.04. The van der Waals surface area contributed by atoms with Crippen molar-refractivity contribution >= 4 is 5.91 Å². The van der Waals surface area contributed by atoms with E-state index >= 15 is 0 Å². The third-order valence-corrected chi connectivity index (χ3v) is 3.28. The number of hydrogen-bond donors (Lipinski definition) is 1. The van der Waals surface area contributed by atoms with Gasteiger partial charge < -0.3 is 10.2 Å². The second-order valence-corrected chi connectivity index (χ2v) is 4.46. The lowest BCUT2D eigenvalue weighted by Crippen LogP contribution is -2.62. The third kappa shape index (κ3) is 2.93. The minimum atomic E-state index is -4.59. The van der Waals surface area contributed by atoms with Gasteiger partial charge in [-0.3, -0.25) is 4.79 Å². The number of rotatable bonds is 4. The van der Waals surface area contributed by atoms with Crippen LogP contribution in [0.25, 0.3) is 0 Å². The molecule has 1 fully saturated rings. The predicted molar refractivity (Wildman–Crippen MR) is 58.8 cm³/mol. The van der Waals surface area contributed by atoms with Crippen LogP contribution < -0.4 is 5.32 Å². The highest BCUT2D eigenvalue weighted by Gasteiger charge is 2.52. The quantitative estimate of drug-likeness (QED) is 0.791. The summed E-state index contributed by atoms with van der Waals surface area (Å²) >= 11 is 0. The zero-order chi connectivity index (χ0) is 13.9. The Morgan fingerprint density at radius 2 is 2.00 bits per heavy atom. The van der Waals surface area contributed by atoms with E-state index in [4.69, 9.17) is 0 Å². The fourth-order valence-electron chi connectivity index (χ4n) is 2.04. The van der Waals surface area contributed by atoms with Crippen LogP contribution in [0.15, 0.2) is 0 Å². The van der Waals surface area contributed by atoms with Crippen LogP contribution in [-0.2, 0) is 4.79 Å². The maximum atomic E-state index is 13.1. The van der Waals surface area contributed by atoms with Crippen molar-refractivity contribution in [2.45, 2.75) is 51.1 Å². The fraction of sp³-hybridized carbons (Fsp3) is 0.909. The Morgan fingerprint density at radius 1 is 1.39 bits per heavy atom. The monoisotopic (exact) mass is 270 g/mol. The number of nitrogens with one attached hydrogen (secondary N) is 1. The molecule has 18 heavy (non-hydrogen) atoms. The molecule has 0 aromatic carbocycles. The number of amides is 1. The molecule has 2 atom stereocenters. The molecular formula is C11H18F4N2O. The first kappa shape index (κ1) is 15.2. The summed E-state index contributed by atoms with van der Waals surface area (Å²) in [6, 6.07) is -0.574. The molecule has 106 valence electrons. The molecule has 1 aliphatic rings. The molecule has 1 saturated heterocycles. The van der Waals surface area contributed by atoms with Crippen molar-refractivity contribution in [2.75, 3.05) is 13.1 Å². The van der Waals surface area contributed by atoms with Gasteiger partial charge in [-0.15, -0.1) is 0 Å². The van der Waals surface area contributed by atoms with Gasteiger partial charge in [-0.1, -0.05) is 13.8 Å². The maximum absolute atomic E-state index is 13.1. The van der Waals surface area contributed by atoms with Crippen LogP contribution in [-0.4, -0.2) is 48.3 Å². The van der Waals surface area contributed by atoms with E-state index in [0.717, 1.165) is 4.90 Å². The van der Waals surface area contributed by atoms with Gasteiger partial charge in [-0.2, -0.15) is 8.78 Å². The van der Waals surface area contributed by atoms with Gasteiger partial charge in [0.1, 0.15) is 0 Å². The first-order valence-electron chi connectivity index (χ1n) is 6.04. The normalized spacial score (nSPS) is 25.6. The van der Waals surface area contributed by atoms with E-state index in [1.807, 2.05) is 6.92 Å². The van der Waals surface area contributed by atoms with Crippen molar-refractivity contribution < 1.29 is 22.4 Å². The Kier molecular flexibility index (Phi) is 4.95. The summed E-state index contributed by atoms with van der Waals surface area (Å²) in [5, 5.41) is 3.11. The van der Waals surface area contributed by atoms with Crippen LogP contribution in [0, 0.1) is 0 Å². The topological polar surface area (TPSA) is 32.3 Å². The average molecular weight is 270 g/mol. The number of halogens is 4. The van der Waals surface area contributed by atoms with Crippen molar-refractivity contribution in [3.8, 4) is 0 Å².